The molecule has 0 spiro atoms. The number of carbonyl (C=O) groups excluding carboxylic acids is 2. The number of amides is 1. The number of hydrogen-bond acceptors (Lipinski definition) is 5. The van der Waals surface area contributed by atoms with Crippen molar-refractivity contribution in [3.8, 4) is 11.5 Å². The number of esters is 1. The van der Waals surface area contributed by atoms with Crippen LogP contribution in [-0.4, -0.2) is 32.2 Å². The van der Waals surface area contributed by atoms with Crippen LogP contribution in [0, 0.1) is 5.92 Å². The van der Waals surface area contributed by atoms with Crippen molar-refractivity contribution >= 4 is 11.9 Å². The molecule has 1 aromatic rings. The van der Waals surface area contributed by atoms with Gasteiger partial charge in [-0.25, -0.2) is 0 Å². The van der Waals surface area contributed by atoms with E-state index < -0.39 is 5.92 Å². The Kier molecular flexibility index (Phi) is 3.22. The van der Waals surface area contributed by atoms with Gasteiger partial charge >= 0.3 is 5.97 Å². The van der Waals surface area contributed by atoms with Gasteiger partial charge < -0.3 is 19.5 Å². The van der Waals surface area contributed by atoms with Crippen LogP contribution in [0.2, 0.25) is 0 Å². The van der Waals surface area contributed by atoms with Crippen LogP contribution in [0.5, 0.6) is 11.5 Å². The smallest absolute Gasteiger partial charge is 0.311 e. The van der Waals surface area contributed by atoms with Crippen LogP contribution in [0.4, 0.5) is 0 Å². The van der Waals surface area contributed by atoms with Crippen LogP contribution >= 0.6 is 0 Å². The summed E-state index contributed by atoms with van der Waals surface area (Å²) in [6.45, 7) is 1.02. The fraction of sp³-hybridized carbons (Fsp3) is 0.429. The highest BCUT2D eigenvalue weighted by atomic mass is 16.6. The number of carbonyl (C=O) groups is 2. The normalized spacial score (nSPS) is 24.1. The molecule has 6 heteroatoms. The van der Waals surface area contributed by atoms with Crippen LogP contribution in [0.15, 0.2) is 18.2 Å². The molecule has 6 nitrogen and oxygen atoms in total. The minimum atomic E-state index is -0.505. The third kappa shape index (κ3) is 2.17. The molecule has 0 aliphatic carbocycles. The van der Waals surface area contributed by atoms with E-state index in [4.69, 9.17) is 14.2 Å². The number of fused-ring (bicyclic) bond motifs is 1. The van der Waals surface area contributed by atoms with E-state index in [0.29, 0.717) is 24.7 Å². The molecule has 1 fully saturated rings. The summed E-state index contributed by atoms with van der Waals surface area (Å²) in [6, 6.07) is 5.05. The largest absolute Gasteiger partial charge is 0.486 e. The Bertz CT molecular complexity index is 556. The Hall–Kier alpha value is -2.24. The highest BCUT2D eigenvalue weighted by Gasteiger charge is 2.39. The van der Waals surface area contributed by atoms with E-state index in [0.717, 1.165) is 5.56 Å². The van der Waals surface area contributed by atoms with E-state index in [9.17, 15) is 9.59 Å². The quantitative estimate of drug-likeness (QED) is 0.810. The highest BCUT2D eigenvalue weighted by molar-refractivity contribution is 5.88. The van der Waals surface area contributed by atoms with Crippen molar-refractivity contribution in [2.75, 3.05) is 20.3 Å². The Morgan fingerprint density at radius 1 is 1.30 bits per heavy atom. The van der Waals surface area contributed by atoms with Gasteiger partial charge in [0.15, 0.2) is 11.5 Å². The summed E-state index contributed by atoms with van der Waals surface area (Å²) in [7, 11) is 1.33. The molecule has 1 saturated heterocycles. The van der Waals surface area contributed by atoms with Crippen LogP contribution in [0.1, 0.15) is 18.0 Å². The zero-order valence-electron chi connectivity index (χ0n) is 11.0. The first-order chi connectivity index (χ1) is 9.69. The molecule has 2 aliphatic heterocycles. The molecule has 3 rings (SSSR count). The van der Waals surface area contributed by atoms with E-state index in [-0.39, 0.29) is 24.3 Å². The number of ether oxygens (including phenoxy) is 3. The fourth-order valence-corrected chi connectivity index (χ4v) is 2.59. The molecular formula is C14H15NO5. The molecule has 2 atom stereocenters. The number of benzene rings is 1. The molecule has 20 heavy (non-hydrogen) atoms. The van der Waals surface area contributed by atoms with Gasteiger partial charge in [0.1, 0.15) is 13.2 Å². The van der Waals surface area contributed by atoms with Crippen molar-refractivity contribution in [2.45, 2.75) is 12.5 Å². The van der Waals surface area contributed by atoms with E-state index in [1.54, 1.807) is 12.1 Å². The summed E-state index contributed by atoms with van der Waals surface area (Å²) in [6.07, 6.45) is 0.145. The van der Waals surface area contributed by atoms with Crippen molar-refractivity contribution in [1.29, 1.82) is 0 Å². The minimum Gasteiger partial charge on any atom is -0.486 e. The molecule has 1 aromatic carbocycles. The monoisotopic (exact) mass is 277 g/mol. The maximum atomic E-state index is 11.8. The summed E-state index contributed by atoms with van der Waals surface area (Å²) >= 11 is 0. The molecule has 2 aliphatic rings. The predicted octanol–water partition coefficient (Wildman–Crippen LogP) is 0.808. The van der Waals surface area contributed by atoms with Gasteiger partial charge in [-0.2, -0.15) is 0 Å². The minimum absolute atomic E-state index is 0.145. The molecule has 0 aromatic heterocycles. The van der Waals surface area contributed by atoms with Crippen LogP contribution < -0.4 is 14.8 Å². The molecule has 1 N–H and O–H groups in total. The standard InChI is InChI=1S/C14H15NO5/c1-18-14(17)9-7-12(16)15-13(9)8-2-3-10-11(6-8)20-5-4-19-10/h2-3,6,9,13H,4-5,7H2,1H3,(H,15,16)/t9-,13+/m0/s1. The van der Waals surface area contributed by atoms with Crippen molar-refractivity contribution in [3.63, 3.8) is 0 Å². The maximum Gasteiger partial charge on any atom is 0.311 e. The Morgan fingerprint density at radius 3 is 2.80 bits per heavy atom. The molecule has 0 radical (unpaired) electrons. The second-order valence-electron chi connectivity index (χ2n) is 4.78. The van der Waals surface area contributed by atoms with Crippen LogP contribution in [0.3, 0.4) is 0 Å². The predicted molar refractivity (Wildman–Crippen MR) is 68.4 cm³/mol. The van der Waals surface area contributed by atoms with E-state index >= 15 is 0 Å². The number of rotatable bonds is 2. The SMILES string of the molecule is COC(=O)[C@H]1CC(=O)N[C@@H]1c1ccc2c(c1)OCCO2. The summed E-state index contributed by atoms with van der Waals surface area (Å²) in [4.78, 5) is 23.3. The van der Waals surface area contributed by atoms with Gasteiger partial charge in [0.05, 0.1) is 19.1 Å². The number of hydrogen-bond donors (Lipinski definition) is 1. The van der Waals surface area contributed by atoms with E-state index in [2.05, 4.69) is 5.32 Å². The molecular weight excluding hydrogens is 262 g/mol. The average Bonchev–Trinajstić information content (AvgIpc) is 2.88. The van der Waals surface area contributed by atoms with Crippen LogP contribution in [0.25, 0.3) is 0 Å². The number of methoxy groups -OCH3 is 1. The average molecular weight is 277 g/mol. The summed E-state index contributed by atoms with van der Waals surface area (Å²) in [5.41, 5.74) is 0.815. The highest BCUT2D eigenvalue weighted by Crippen LogP contribution is 2.37. The summed E-state index contributed by atoms with van der Waals surface area (Å²) < 4.78 is 15.7. The van der Waals surface area contributed by atoms with Crippen molar-refractivity contribution in [1.82, 2.24) is 5.32 Å². The zero-order chi connectivity index (χ0) is 14.1. The lowest BCUT2D eigenvalue weighted by atomic mass is 9.94. The van der Waals surface area contributed by atoms with Gasteiger partial charge in [-0.15, -0.1) is 0 Å². The zero-order valence-corrected chi connectivity index (χ0v) is 11.0. The van der Waals surface area contributed by atoms with Crippen molar-refractivity contribution in [2.24, 2.45) is 5.92 Å². The van der Waals surface area contributed by atoms with Gasteiger partial charge in [-0.05, 0) is 17.7 Å². The van der Waals surface area contributed by atoms with Crippen molar-refractivity contribution in [3.05, 3.63) is 23.8 Å². The lowest BCUT2D eigenvalue weighted by molar-refractivity contribution is -0.146. The summed E-state index contributed by atoms with van der Waals surface area (Å²) in [5.74, 6) is 0.274. The lowest BCUT2D eigenvalue weighted by Crippen LogP contribution is -2.25. The first-order valence-corrected chi connectivity index (χ1v) is 6.46. The molecule has 106 valence electrons. The second-order valence-corrected chi connectivity index (χ2v) is 4.78. The topological polar surface area (TPSA) is 73.9 Å². The first-order valence-electron chi connectivity index (χ1n) is 6.46. The number of nitrogens with one attached hydrogen (secondary N) is 1. The Labute approximate surface area is 116 Å². The van der Waals surface area contributed by atoms with Gasteiger partial charge in [0, 0.05) is 6.42 Å². The Balaban J connectivity index is 1.91. The first kappa shape index (κ1) is 12.8. The third-order valence-electron chi connectivity index (χ3n) is 3.55. The molecule has 2 heterocycles. The van der Waals surface area contributed by atoms with Gasteiger partial charge in [0.2, 0.25) is 5.91 Å². The molecule has 0 unspecified atom stereocenters. The second kappa shape index (κ2) is 5.03. The van der Waals surface area contributed by atoms with E-state index in [1.807, 2.05) is 6.07 Å². The third-order valence-corrected chi connectivity index (χ3v) is 3.55. The van der Waals surface area contributed by atoms with Crippen LogP contribution in [-0.2, 0) is 14.3 Å². The Morgan fingerprint density at radius 2 is 2.05 bits per heavy atom. The van der Waals surface area contributed by atoms with Gasteiger partial charge in [-0.1, -0.05) is 6.07 Å². The summed E-state index contributed by atoms with van der Waals surface area (Å²) in [5, 5.41) is 2.81. The van der Waals surface area contributed by atoms with E-state index in [1.165, 1.54) is 7.11 Å². The lowest BCUT2D eigenvalue weighted by Gasteiger charge is -2.22. The fourth-order valence-electron chi connectivity index (χ4n) is 2.59. The van der Waals surface area contributed by atoms with Gasteiger partial charge in [-0.3, -0.25) is 9.59 Å². The van der Waals surface area contributed by atoms with Crippen molar-refractivity contribution < 1.29 is 23.8 Å². The van der Waals surface area contributed by atoms with Gasteiger partial charge in [0.25, 0.3) is 0 Å². The molecule has 0 saturated carbocycles. The molecule has 1 amide bonds. The maximum absolute atomic E-state index is 11.8. The molecule has 0 bridgehead atoms.